The average Bonchev–Trinajstić information content (AvgIpc) is 2.44. The first-order valence-electron chi connectivity index (χ1n) is 8.10. The molecule has 2 rings (SSSR count). The van der Waals surface area contributed by atoms with E-state index < -0.39 is 17.3 Å². The molecule has 1 saturated heterocycles. The van der Waals surface area contributed by atoms with Crippen molar-refractivity contribution >= 4 is 5.82 Å². The van der Waals surface area contributed by atoms with Gasteiger partial charge in [-0.05, 0) is 40.7 Å². The van der Waals surface area contributed by atoms with Crippen molar-refractivity contribution in [1.29, 1.82) is 0 Å². The zero-order valence-electron chi connectivity index (χ0n) is 14.9. The van der Waals surface area contributed by atoms with Gasteiger partial charge in [0.1, 0.15) is 5.82 Å². The van der Waals surface area contributed by atoms with Gasteiger partial charge in [-0.1, -0.05) is 0 Å². The molecule has 136 valence electrons. The van der Waals surface area contributed by atoms with Gasteiger partial charge in [-0.2, -0.15) is 13.2 Å². The molecule has 24 heavy (non-hydrogen) atoms. The maximum Gasteiger partial charge on any atom is 0.419 e. The number of aromatic nitrogens is 1. The molecule has 0 unspecified atom stereocenters. The van der Waals surface area contributed by atoms with Gasteiger partial charge in [0.15, 0.2) is 0 Å². The quantitative estimate of drug-likeness (QED) is 0.893. The summed E-state index contributed by atoms with van der Waals surface area (Å²) in [6.45, 7) is 11.6. The lowest BCUT2D eigenvalue weighted by atomic mass is 9.98. The number of hydrogen-bond acceptors (Lipinski definition) is 4. The SMILES string of the molecule is CC(C)(O)c1cnc(N2CCN(C(C)(C)C)CC2)c(C(F)(F)F)c1. The Hall–Kier alpha value is -1.34. The Bertz CT molecular complexity index is 580. The number of halogens is 3. The minimum Gasteiger partial charge on any atom is -0.386 e. The summed E-state index contributed by atoms with van der Waals surface area (Å²) in [6, 6.07) is 1.01. The highest BCUT2D eigenvalue weighted by atomic mass is 19.4. The van der Waals surface area contributed by atoms with E-state index in [-0.39, 0.29) is 16.9 Å². The number of nitrogens with zero attached hydrogens (tertiary/aromatic N) is 3. The molecule has 2 heterocycles. The molecule has 7 heteroatoms. The van der Waals surface area contributed by atoms with Crippen LogP contribution in [0.4, 0.5) is 19.0 Å². The molecule has 0 atom stereocenters. The van der Waals surface area contributed by atoms with Crippen molar-refractivity contribution in [2.24, 2.45) is 0 Å². The Morgan fingerprint density at radius 3 is 1.96 bits per heavy atom. The fourth-order valence-corrected chi connectivity index (χ4v) is 2.84. The summed E-state index contributed by atoms with van der Waals surface area (Å²) in [7, 11) is 0. The van der Waals surface area contributed by atoms with Crippen molar-refractivity contribution in [3.05, 3.63) is 23.4 Å². The molecule has 0 saturated carbocycles. The van der Waals surface area contributed by atoms with Gasteiger partial charge in [-0.3, -0.25) is 4.90 Å². The van der Waals surface area contributed by atoms with Crippen LogP contribution in [0.2, 0.25) is 0 Å². The van der Waals surface area contributed by atoms with Crippen LogP contribution in [0.15, 0.2) is 12.3 Å². The number of anilines is 1. The third kappa shape index (κ3) is 4.19. The van der Waals surface area contributed by atoms with Crippen LogP contribution in [-0.2, 0) is 11.8 Å². The summed E-state index contributed by atoms with van der Waals surface area (Å²) in [5, 5.41) is 9.98. The van der Waals surface area contributed by atoms with Crippen molar-refractivity contribution in [3.63, 3.8) is 0 Å². The van der Waals surface area contributed by atoms with Crippen molar-refractivity contribution in [1.82, 2.24) is 9.88 Å². The van der Waals surface area contributed by atoms with Crippen molar-refractivity contribution in [2.45, 2.75) is 51.9 Å². The Balaban J connectivity index is 2.31. The molecule has 4 nitrogen and oxygen atoms in total. The molecule has 0 spiro atoms. The lowest BCUT2D eigenvalue weighted by Crippen LogP contribution is -2.53. The fraction of sp³-hybridized carbons (Fsp3) is 0.706. The predicted octanol–water partition coefficient (Wildman–Crippen LogP) is 3.25. The highest BCUT2D eigenvalue weighted by Crippen LogP contribution is 2.38. The van der Waals surface area contributed by atoms with E-state index in [2.05, 4.69) is 30.7 Å². The van der Waals surface area contributed by atoms with Gasteiger partial charge in [0.25, 0.3) is 0 Å². The summed E-state index contributed by atoms with van der Waals surface area (Å²) < 4.78 is 40.4. The second-order valence-corrected chi connectivity index (χ2v) is 7.80. The summed E-state index contributed by atoms with van der Waals surface area (Å²) in [5.41, 5.74) is -1.99. The van der Waals surface area contributed by atoms with Crippen LogP contribution in [-0.4, -0.2) is 46.7 Å². The Kier molecular flexibility index (Phi) is 4.89. The summed E-state index contributed by atoms with van der Waals surface area (Å²) in [6.07, 6.45) is -3.18. The maximum atomic E-state index is 13.5. The number of alkyl halides is 3. The van der Waals surface area contributed by atoms with Gasteiger partial charge in [-0.25, -0.2) is 4.98 Å². The zero-order valence-corrected chi connectivity index (χ0v) is 14.9. The number of rotatable bonds is 2. The van der Waals surface area contributed by atoms with Crippen LogP contribution in [0.1, 0.15) is 45.7 Å². The van der Waals surface area contributed by atoms with Gasteiger partial charge < -0.3 is 10.0 Å². The molecule has 1 aliphatic rings. The van der Waals surface area contributed by atoms with Gasteiger partial charge in [0.2, 0.25) is 0 Å². The molecule has 0 amide bonds. The zero-order chi connectivity index (χ0) is 18.3. The molecular weight excluding hydrogens is 319 g/mol. The summed E-state index contributed by atoms with van der Waals surface area (Å²) in [4.78, 5) is 7.98. The average molecular weight is 345 g/mol. The van der Waals surface area contributed by atoms with Crippen LogP contribution in [0.5, 0.6) is 0 Å². The Morgan fingerprint density at radius 1 is 1.00 bits per heavy atom. The van der Waals surface area contributed by atoms with Crippen molar-refractivity contribution < 1.29 is 18.3 Å². The first-order valence-corrected chi connectivity index (χ1v) is 8.10. The third-order valence-corrected chi connectivity index (χ3v) is 4.41. The lowest BCUT2D eigenvalue weighted by Gasteiger charge is -2.43. The minimum absolute atomic E-state index is 0.00283. The van der Waals surface area contributed by atoms with Gasteiger partial charge in [-0.15, -0.1) is 0 Å². The third-order valence-electron chi connectivity index (χ3n) is 4.41. The van der Waals surface area contributed by atoms with E-state index in [1.54, 1.807) is 4.90 Å². The number of hydrogen-bond donors (Lipinski definition) is 1. The van der Waals surface area contributed by atoms with E-state index in [9.17, 15) is 18.3 Å². The second kappa shape index (κ2) is 6.19. The van der Waals surface area contributed by atoms with Crippen molar-refractivity contribution in [2.75, 3.05) is 31.1 Å². The molecule has 0 bridgehead atoms. The van der Waals surface area contributed by atoms with Crippen LogP contribution in [0.3, 0.4) is 0 Å². The first-order chi connectivity index (χ1) is 10.8. The van der Waals surface area contributed by atoms with E-state index >= 15 is 0 Å². The van der Waals surface area contributed by atoms with E-state index in [0.29, 0.717) is 26.2 Å². The molecule has 0 aliphatic carbocycles. The monoisotopic (exact) mass is 345 g/mol. The number of aliphatic hydroxyl groups is 1. The van der Waals surface area contributed by atoms with Gasteiger partial charge in [0.05, 0.1) is 11.2 Å². The van der Waals surface area contributed by atoms with Crippen LogP contribution in [0.25, 0.3) is 0 Å². The smallest absolute Gasteiger partial charge is 0.386 e. The van der Waals surface area contributed by atoms with E-state index in [4.69, 9.17) is 0 Å². The first kappa shape index (κ1) is 19.0. The predicted molar refractivity (Wildman–Crippen MR) is 88.0 cm³/mol. The summed E-state index contributed by atoms with van der Waals surface area (Å²) >= 11 is 0. The molecule has 1 aliphatic heterocycles. The maximum absolute atomic E-state index is 13.5. The second-order valence-electron chi connectivity index (χ2n) is 7.80. The van der Waals surface area contributed by atoms with E-state index in [0.717, 1.165) is 6.07 Å². The Morgan fingerprint density at radius 2 is 1.54 bits per heavy atom. The molecule has 0 aromatic carbocycles. The summed E-state index contributed by atoms with van der Waals surface area (Å²) in [5.74, 6) is -0.0518. The van der Waals surface area contributed by atoms with E-state index in [1.165, 1.54) is 20.0 Å². The van der Waals surface area contributed by atoms with Crippen LogP contribution >= 0.6 is 0 Å². The number of piperazine rings is 1. The topological polar surface area (TPSA) is 39.6 Å². The minimum atomic E-state index is -4.51. The standard InChI is InChI=1S/C17H26F3N3O/c1-15(2,3)23-8-6-22(7-9-23)14-13(17(18,19)20)10-12(11-21-14)16(4,5)24/h10-11,24H,6-9H2,1-5H3. The largest absolute Gasteiger partial charge is 0.419 e. The Labute approximate surface area is 141 Å². The molecule has 1 aromatic heterocycles. The van der Waals surface area contributed by atoms with Crippen LogP contribution in [0, 0.1) is 0 Å². The van der Waals surface area contributed by atoms with Gasteiger partial charge >= 0.3 is 6.18 Å². The highest BCUT2D eigenvalue weighted by molar-refractivity contribution is 5.51. The fourth-order valence-electron chi connectivity index (χ4n) is 2.84. The van der Waals surface area contributed by atoms with Crippen molar-refractivity contribution in [3.8, 4) is 0 Å². The normalized spacial score (nSPS) is 18.1. The molecule has 1 fully saturated rings. The number of pyridine rings is 1. The molecule has 1 aromatic rings. The van der Waals surface area contributed by atoms with Crippen LogP contribution < -0.4 is 4.90 Å². The highest BCUT2D eigenvalue weighted by Gasteiger charge is 2.38. The molecule has 0 radical (unpaired) electrons. The lowest BCUT2D eigenvalue weighted by molar-refractivity contribution is -0.137. The van der Waals surface area contributed by atoms with E-state index in [1.807, 2.05) is 0 Å². The molecule has 1 N–H and O–H groups in total. The van der Waals surface area contributed by atoms with Gasteiger partial charge in [0, 0.05) is 43.5 Å². The molecular formula is C17H26F3N3O.